The monoisotopic (exact) mass is 253 g/mol. The van der Waals surface area contributed by atoms with Crippen molar-refractivity contribution in [2.24, 2.45) is 5.41 Å². The van der Waals surface area contributed by atoms with E-state index < -0.39 is 0 Å². The minimum Gasteiger partial charge on any atom is -0.313 e. The van der Waals surface area contributed by atoms with Gasteiger partial charge in [0.15, 0.2) is 0 Å². The van der Waals surface area contributed by atoms with Crippen LogP contribution in [0, 0.1) is 5.41 Å². The van der Waals surface area contributed by atoms with Crippen molar-refractivity contribution in [2.75, 3.05) is 6.54 Å². The third-order valence-electron chi connectivity index (χ3n) is 4.62. The molecule has 0 amide bonds. The van der Waals surface area contributed by atoms with Crippen molar-refractivity contribution in [3.63, 3.8) is 0 Å². The molecule has 0 aliphatic heterocycles. The average Bonchev–Trinajstić information content (AvgIpc) is 3.11. The lowest BCUT2D eigenvalue weighted by Crippen LogP contribution is -2.36. The fourth-order valence-corrected chi connectivity index (χ4v) is 2.87. The van der Waals surface area contributed by atoms with Gasteiger partial charge in [0.05, 0.1) is 0 Å². The summed E-state index contributed by atoms with van der Waals surface area (Å²) < 4.78 is 0. The highest BCUT2D eigenvalue weighted by atomic mass is 14.9. The van der Waals surface area contributed by atoms with Gasteiger partial charge in [0, 0.05) is 6.04 Å². The lowest BCUT2D eigenvalue weighted by atomic mass is 9.93. The van der Waals surface area contributed by atoms with Gasteiger partial charge in [-0.15, -0.1) is 0 Å². The van der Waals surface area contributed by atoms with Gasteiger partial charge in [0.2, 0.25) is 0 Å². The largest absolute Gasteiger partial charge is 0.313 e. The summed E-state index contributed by atoms with van der Waals surface area (Å²) >= 11 is 0. The highest BCUT2D eigenvalue weighted by molar-refractivity contribution is 4.98. The Balaban J connectivity index is 2.03. The van der Waals surface area contributed by atoms with Gasteiger partial charge < -0.3 is 5.32 Å². The highest BCUT2D eigenvalue weighted by Gasteiger charge is 2.43. The maximum atomic E-state index is 3.78. The van der Waals surface area contributed by atoms with E-state index in [1.54, 1.807) is 0 Å². The molecule has 0 aromatic carbocycles. The number of hydrogen-bond acceptors (Lipinski definition) is 1. The van der Waals surface area contributed by atoms with E-state index in [1.807, 2.05) is 0 Å². The zero-order valence-corrected chi connectivity index (χ0v) is 13.1. The van der Waals surface area contributed by atoms with E-state index in [0.29, 0.717) is 5.41 Å². The second-order valence-corrected chi connectivity index (χ2v) is 6.57. The molecular formula is C17H35N. The topological polar surface area (TPSA) is 12.0 Å². The molecule has 1 saturated carbocycles. The molecule has 1 unspecified atom stereocenters. The van der Waals surface area contributed by atoms with Gasteiger partial charge >= 0.3 is 0 Å². The lowest BCUT2D eigenvalue weighted by molar-refractivity contribution is 0.327. The Hall–Kier alpha value is -0.0400. The molecule has 108 valence electrons. The molecule has 1 rings (SSSR count). The van der Waals surface area contributed by atoms with Gasteiger partial charge in [-0.25, -0.2) is 0 Å². The fraction of sp³-hybridized carbons (Fsp3) is 1.00. The third-order valence-corrected chi connectivity index (χ3v) is 4.62. The SMILES string of the molecule is CCCCCCCCCC(NCCC)C1(C)CC1. The summed E-state index contributed by atoms with van der Waals surface area (Å²) in [6, 6.07) is 0.799. The zero-order valence-electron chi connectivity index (χ0n) is 13.1. The molecule has 1 nitrogen and oxygen atoms in total. The van der Waals surface area contributed by atoms with Crippen LogP contribution in [0.4, 0.5) is 0 Å². The van der Waals surface area contributed by atoms with E-state index in [9.17, 15) is 0 Å². The van der Waals surface area contributed by atoms with E-state index in [-0.39, 0.29) is 0 Å². The highest BCUT2D eigenvalue weighted by Crippen LogP contribution is 2.49. The Bertz CT molecular complexity index is 196. The first-order valence-corrected chi connectivity index (χ1v) is 8.46. The van der Waals surface area contributed by atoms with Gasteiger partial charge in [0.25, 0.3) is 0 Å². The maximum Gasteiger partial charge on any atom is 0.0121 e. The third kappa shape index (κ3) is 6.22. The number of unbranched alkanes of at least 4 members (excludes halogenated alkanes) is 6. The van der Waals surface area contributed by atoms with Crippen LogP contribution in [0.25, 0.3) is 0 Å². The number of nitrogens with one attached hydrogen (secondary N) is 1. The van der Waals surface area contributed by atoms with Crippen LogP contribution in [0.3, 0.4) is 0 Å². The molecule has 1 aliphatic carbocycles. The average molecular weight is 253 g/mol. The van der Waals surface area contributed by atoms with Crippen LogP contribution in [0.5, 0.6) is 0 Å². The van der Waals surface area contributed by atoms with Crippen molar-refractivity contribution in [1.29, 1.82) is 0 Å². The molecule has 0 aromatic heterocycles. The standard InChI is InChI=1S/C17H35N/c1-4-6-7-8-9-10-11-12-16(18-15-5-2)17(3)13-14-17/h16,18H,4-15H2,1-3H3. The summed E-state index contributed by atoms with van der Waals surface area (Å²) in [5, 5.41) is 3.78. The fourth-order valence-electron chi connectivity index (χ4n) is 2.87. The Morgan fingerprint density at radius 2 is 1.50 bits per heavy atom. The lowest BCUT2D eigenvalue weighted by Gasteiger charge is -2.25. The number of rotatable bonds is 12. The predicted molar refractivity (Wildman–Crippen MR) is 82.0 cm³/mol. The summed E-state index contributed by atoms with van der Waals surface area (Å²) in [4.78, 5) is 0. The quantitative estimate of drug-likeness (QED) is 0.466. The van der Waals surface area contributed by atoms with Crippen molar-refractivity contribution >= 4 is 0 Å². The Morgan fingerprint density at radius 1 is 0.889 bits per heavy atom. The molecular weight excluding hydrogens is 218 g/mol. The van der Waals surface area contributed by atoms with Crippen LogP contribution < -0.4 is 5.32 Å². The first-order chi connectivity index (χ1) is 8.73. The summed E-state index contributed by atoms with van der Waals surface area (Å²) in [7, 11) is 0. The molecule has 1 N–H and O–H groups in total. The molecule has 0 radical (unpaired) electrons. The zero-order chi connectivity index (χ0) is 13.3. The van der Waals surface area contributed by atoms with Crippen molar-refractivity contribution < 1.29 is 0 Å². The van der Waals surface area contributed by atoms with Crippen LogP contribution in [0.2, 0.25) is 0 Å². The molecule has 0 saturated heterocycles. The molecule has 18 heavy (non-hydrogen) atoms. The van der Waals surface area contributed by atoms with Crippen LogP contribution in [0.15, 0.2) is 0 Å². The molecule has 1 atom stereocenters. The van der Waals surface area contributed by atoms with Gasteiger partial charge in [-0.2, -0.15) is 0 Å². The molecule has 0 aromatic rings. The van der Waals surface area contributed by atoms with Crippen molar-refractivity contribution in [3.05, 3.63) is 0 Å². The Labute approximate surface area is 115 Å². The van der Waals surface area contributed by atoms with E-state index in [1.165, 1.54) is 77.2 Å². The van der Waals surface area contributed by atoms with Gasteiger partial charge in [0.1, 0.15) is 0 Å². The molecule has 1 fully saturated rings. The summed E-state index contributed by atoms with van der Waals surface area (Å²) in [5.41, 5.74) is 0.650. The summed E-state index contributed by atoms with van der Waals surface area (Å²) in [5.74, 6) is 0. The van der Waals surface area contributed by atoms with Crippen molar-refractivity contribution in [2.45, 2.75) is 97.4 Å². The van der Waals surface area contributed by atoms with Gasteiger partial charge in [-0.05, 0) is 37.6 Å². The molecule has 0 heterocycles. The Morgan fingerprint density at radius 3 is 2.06 bits per heavy atom. The summed E-state index contributed by atoms with van der Waals surface area (Å²) in [6.07, 6.45) is 15.6. The van der Waals surface area contributed by atoms with E-state index in [0.717, 1.165) is 6.04 Å². The molecule has 1 aliphatic rings. The van der Waals surface area contributed by atoms with E-state index >= 15 is 0 Å². The van der Waals surface area contributed by atoms with Crippen molar-refractivity contribution in [3.8, 4) is 0 Å². The van der Waals surface area contributed by atoms with Crippen LogP contribution in [0.1, 0.15) is 91.4 Å². The van der Waals surface area contributed by atoms with E-state index in [2.05, 4.69) is 26.1 Å². The first-order valence-electron chi connectivity index (χ1n) is 8.46. The van der Waals surface area contributed by atoms with Crippen molar-refractivity contribution in [1.82, 2.24) is 5.32 Å². The van der Waals surface area contributed by atoms with Crippen LogP contribution >= 0.6 is 0 Å². The maximum absolute atomic E-state index is 3.78. The first kappa shape index (κ1) is 16.0. The second-order valence-electron chi connectivity index (χ2n) is 6.57. The number of hydrogen-bond donors (Lipinski definition) is 1. The van der Waals surface area contributed by atoms with Gasteiger partial charge in [-0.3, -0.25) is 0 Å². The predicted octanol–water partition coefficient (Wildman–Crippen LogP) is 5.30. The van der Waals surface area contributed by atoms with Crippen LogP contribution in [-0.2, 0) is 0 Å². The molecule has 1 heteroatoms. The minimum absolute atomic E-state index is 0.650. The molecule has 0 bridgehead atoms. The molecule has 0 spiro atoms. The minimum atomic E-state index is 0.650. The summed E-state index contributed by atoms with van der Waals surface area (Å²) in [6.45, 7) is 8.24. The van der Waals surface area contributed by atoms with E-state index in [4.69, 9.17) is 0 Å². The smallest absolute Gasteiger partial charge is 0.0121 e. The Kier molecular flexibility index (Phi) is 7.97. The normalized spacial score (nSPS) is 18.8. The second kappa shape index (κ2) is 8.96. The van der Waals surface area contributed by atoms with Gasteiger partial charge in [-0.1, -0.05) is 65.7 Å². The van der Waals surface area contributed by atoms with Crippen LogP contribution in [-0.4, -0.2) is 12.6 Å².